The maximum atomic E-state index is 12.0. The van der Waals surface area contributed by atoms with Crippen molar-refractivity contribution < 1.29 is 9.21 Å². The molecule has 1 heterocycles. The number of carbonyl (C=O) groups excluding carboxylic acids is 1. The predicted molar refractivity (Wildman–Crippen MR) is 92.7 cm³/mol. The maximum absolute atomic E-state index is 12.0. The van der Waals surface area contributed by atoms with Crippen molar-refractivity contribution in [1.29, 1.82) is 0 Å². The molecule has 0 fully saturated rings. The Morgan fingerprint density at radius 2 is 1.83 bits per heavy atom. The first-order valence-electron chi connectivity index (χ1n) is 7.55. The summed E-state index contributed by atoms with van der Waals surface area (Å²) in [6.45, 7) is 2.27. The van der Waals surface area contributed by atoms with Crippen LogP contribution in [-0.2, 0) is 12.3 Å². The first-order chi connectivity index (χ1) is 11.7. The van der Waals surface area contributed by atoms with Gasteiger partial charge in [0.1, 0.15) is 0 Å². The van der Waals surface area contributed by atoms with Gasteiger partial charge in [0.25, 0.3) is 11.1 Å². The smallest absolute Gasteiger partial charge is 0.276 e. The van der Waals surface area contributed by atoms with Crippen LogP contribution in [0.2, 0.25) is 0 Å². The molecule has 6 heteroatoms. The Morgan fingerprint density at radius 1 is 1.08 bits per heavy atom. The van der Waals surface area contributed by atoms with Crippen LogP contribution in [0.4, 0.5) is 0 Å². The summed E-state index contributed by atoms with van der Waals surface area (Å²) < 4.78 is 5.54. The number of aromatic nitrogens is 2. The highest BCUT2D eigenvalue weighted by molar-refractivity contribution is 7.98. The van der Waals surface area contributed by atoms with Gasteiger partial charge in [-0.15, -0.1) is 10.2 Å². The molecule has 0 aliphatic rings. The topological polar surface area (TPSA) is 68.0 Å². The van der Waals surface area contributed by atoms with Crippen LogP contribution in [0.1, 0.15) is 27.4 Å². The molecule has 0 bridgehead atoms. The van der Waals surface area contributed by atoms with Gasteiger partial charge in [0.15, 0.2) is 0 Å². The Hall–Kier alpha value is -2.60. The lowest BCUT2D eigenvalue weighted by Gasteiger charge is -2.01. The molecular formula is C18H17N3O2S. The fraction of sp³-hybridized carbons (Fsp3) is 0.167. The molecule has 24 heavy (non-hydrogen) atoms. The quantitative estimate of drug-likeness (QED) is 0.695. The van der Waals surface area contributed by atoms with Crippen LogP contribution in [0.15, 0.2) is 64.2 Å². The molecule has 1 N–H and O–H groups in total. The first-order valence-corrected chi connectivity index (χ1v) is 8.53. The molecule has 1 aromatic heterocycles. The molecule has 3 aromatic rings. The summed E-state index contributed by atoms with van der Waals surface area (Å²) in [6.07, 6.45) is 0. The average Bonchev–Trinajstić information content (AvgIpc) is 3.08. The van der Waals surface area contributed by atoms with E-state index >= 15 is 0 Å². The Balaban J connectivity index is 1.50. The summed E-state index contributed by atoms with van der Waals surface area (Å²) in [5.74, 6) is 0.992. The zero-order chi connectivity index (χ0) is 16.8. The molecule has 0 saturated carbocycles. The lowest BCUT2D eigenvalue weighted by molar-refractivity contribution is 0.0946. The number of thioether (sulfide) groups is 1. The van der Waals surface area contributed by atoms with Gasteiger partial charge in [-0.2, -0.15) is 0 Å². The van der Waals surface area contributed by atoms with Crippen LogP contribution in [0, 0.1) is 6.92 Å². The third kappa shape index (κ3) is 4.45. The Morgan fingerprint density at radius 3 is 2.58 bits per heavy atom. The zero-order valence-electron chi connectivity index (χ0n) is 13.2. The fourth-order valence-electron chi connectivity index (χ4n) is 2.04. The van der Waals surface area contributed by atoms with Gasteiger partial charge in [-0.1, -0.05) is 59.8 Å². The van der Waals surface area contributed by atoms with Gasteiger partial charge in [0.05, 0.1) is 6.54 Å². The van der Waals surface area contributed by atoms with Crippen LogP contribution < -0.4 is 5.32 Å². The summed E-state index contributed by atoms with van der Waals surface area (Å²) in [4.78, 5) is 12.0. The van der Waals surface area contributed by atoms with E-state index < -0.39 is 0 Å². The van der Waals surface area contributed by atoms with Gasteiger partial charge in [0, 0.05) is 11.3 Å². The van der Waals surface area contributed by atoms with Gasteiger partial charge in [0.2, 0.25) is 5.89 Å². The maximum Gasteiger partial charge on any atom is 0.276 e. The van der Waals surface area contributed by atoms with Crippen LogP contribution >= 0.6 is 11.8 Å². The van der Waals surface area contributed by atoms with Crippen LogP contribution in [0.25, 0.3) is 0 Å². The van der Waals surface area contributed by atoms with Crippen molar-refractivity contribution in [1.82, 2.24) is 15.5 Å². The zero-order valence-corrected chi connectivity index (χ0v) is 14.0. The molecular weight excluding hydrogens is 322 g/mol. The van der Waals surface area contributed by atoms with E-state index in [1.165, 1.54) is 22.9 Å². The van der Waals surface area contributed by atoms with Crippen molar-refractivity contribution in [3.8, 4) is 0 Å². The molecule has 122 valence electrons. The minimum Gasteiger partial charge on any atom is -0.414 e. The predicted octanol–water partition coefficient (Wildman–Crippen LogP) is 3.60. The molecule has 0 unspecified atom stereocenters. The van der Waals surface area contributed by atoms with E-state index in [2.05, 4.69) is 46.7 Å². The highest BCUT2D eigenvalue weighted by atomic mass is 32.2. The van der Waals surface area contributed by atoms with Crippen molar-refractivity contribution in [2.75, 3.05) is 0 Å². The number of amides is 1. The summed E-state index contributed by atoms with van der Waals surface area (Å²) in [6, 6.07) is 17.3. The highest BCUT2D eigenvalue weighted by Gasteiger charge is 2.09. The molecule has 0 aliphatic heterocycles. The third-order valence-electron chi connectivity index (χ3n) is 3.37. The monoisotopic (exact) mass is 339 g/mol. The number of hydrogen-bond donors (Lipinski definition) is 1. The van der Waals surface area contributed by atoms with Gasteiger partial charge in [-0.25, -0.2) is 0 Å². The number of rotatable bonds is 6. The van der Waals surface area contributed by atoms with Crippen molar-refractivity contribution in [2.24, 2.45) is 0 Å². The second-order valence-corrected chi connectivity index (χ2v) is 6.21. The van der Waals surface area contributed by atoms with Gasteiger partial charge in [-0.3, -0.25) is 4.79 Å². The van der Waals surface area contributed by atoms with Gasteiger partial charge < -0.3 is 9.73 Å². The lowest BCUT2D eigenvalue weighted by Crippen LogP contribution is -2.22. The van der Waals surface area contributed by atoms with Crippen molar-refractivity contribution in [3.05, 3.63) is 77.2 Å². The van der Waals surface area contributed by atoms with Crippen LogP contribution in [0.3, 0.4) is 0 Å². The Labute approximate surface area is 144 Å². The molecule has 0 atom stereocenters. The molecule has 2 aromatic carbocycles. The SMILES string of the molecule is Cc1ccc(CSc2nnc(CNC(=O)c3ccccc3)o2)cc1. The number of nitrogens with one attached hydrogen (secondary N) is 1. The fourth-order valence-corrected chi connectivity index (χ4v) is 2.78. The molecule has 5 nitrogen and oxygen atoms in total. The molecule has 0 saturated heterocycles. The molecule has 1 amide bonds. The second kappa shape index (κ2) is 7.79. The van der Waals surface area contributed by atoms with E-state index in [-0.39, 0.29) is 12.5 Å². The number of hydrogen-bond acceptors (Lipinski definition) is 5. The normalized spacial score (nSPS) is 10.5. The largest absolute Gasteiger partial charge is 0.414 e. The highest BCUT2D eigenvalue weighted by Crippen LogP contribution is 2.21. The minimum atomic E-state index is -0.164. The van der Waals surface area contributed by atoms with E-state index in [4.69, 9.17) is 4.42 Å². The molecule has 0 spiro atoms. The number of aryl methyl sites for hydroxylation is 1. The second-order valence-electron chi connectivity index (χ2n) is 5.28. The summed E-state index contributed by atoms with van der Waals surface area (Å²) in [7, 11) is 0. The summed E-state index contributed by atoms with van der Waals surface area (Å²) >= 11 is 1.48. The summed E-state index contributed by atoms with van der Waals surface area (Å²) in [5, 5.41) is 11.2. The van der Waals surface area contributed by atoms with E-state index in [1.807, 2.05) is 18.2 Å². The minimum absolute atomic E-state index is 0.164. The molecule has 0 aliphatic carbocycles. The van der Waals surface area contributed by atoms with Gasteiger partial charge in [-0.05, 0) is 24.6 Å². The van der Waals surface area contributed by atoms with E-state index in [0.717, 1.165) is 5.75 Å². The number of nitrogens with zero attached hydrogens (tertiary/aromatic N) is 2. The van der Waals surface area contributed by atoms with E-state index in [1.54, 1.807) is 12.1 Å². The van der Waals surface area contributed by atoms with Crippen molar-refractivity contribution in [3.63, 3.8) is 0 Å². The summed E-state index contributed by atoms with van der Waals surface area (Å²) in [5.41, 5.74) is 3.03. The lowest BCUT2D eigenvalue weighted by atomic mass is 10.2. The Kier molecular flexibility index (Phi) is 5.28. The Bertz CT molecular complexity index is 801. The van der Waals surface area contributed by atoms with Crippen LogP contribution in [-0.4, -0.2) is 16.1 Å². The third-order valence-corrected chi connectivity index (χ3v) is 4.26. The van der Waals surface area contributed by atoms with Gasteiger partial charge >= 0.3 is 0 Å². The number of benzene rings is 2. The number of carbonyl (C=O) groups is 1. The van der Waals surface area contributed by atoms with Crippen LogP contribution in [0.5, 0.6) is 0 Å². The van der Waals surface area contributed by atoms with Crippen molar-refractivity contribution >= 4 is 17.7 Å². The standard InChI is InChI=1S/C18H17N3O2S/c1-13-7-9-14(10-8-13)12-24-18-21-20-16(23-18)11-19-17(22)15-5-3-2-4-6-15/h2-10H,11-12H2,1H3,(H,19,22). The molecule has 0 radical (unpaired) electrons. The molecule has 3 rings (SSSR count). The first kappa shape index (κ1) is 16.3. The van der Waals surface area contributed by atoms with E-state index in [9.17, 15) is 4.79 Å². The van der Waals surface area contributed by atoms with Crippen molar-refractivity contribution in [2.45, 2.75) is 24.4 Å². The van der Waals surface area contributed by atoms with E-state index in [0.29, 0.717) is 16.7 Å². The average molecular weight is 339 g/mol.